The number of aliphatic imine (C=N–C) groups is 2. The molecule has 2 heterocycles. The molecule has 2 saturated heterocycles. The Morgan fingerprint density at radius 2 is 1.32 bits per heavy atom. The molecule has 0 N–H and O–H groups in total. The fourth-order valence-corrected chi connectivity index (χ4v) is 2.48. The molecule has 0 radical (unpaired) electrons. The second kappa shape index (κ2) is 6.65. The molecule has 6 nitrogen and oxygen atoms in total. The summed E-state index contributed by atoms with van der Waals surface area (Å²) in [7, 11) is 0. The number of hydrogen-bond acceptors (Lipinski definition) is 6. The molecule has 0 spiro atoms. The summed E-state index contributed by atoms with van der Waals surface area (Å²) in [6.45, 7) is 1.61. The van der Waals surface area contributed by atoms with Crippen molar-refractivity contribution in [1.82, 2.24) is 0 Å². The smallest absolute Gasteiger partial charge is 0.206 e. The highest BCUT2D eigenvalue weighted by molar-refractivity contribution is 6.24. The maximum atomic E-state index is 8.89. The van der Waals surface area contributed by atoms with E-state index in [0.717, 1.165) is 50.0 Å². The van der Waals surface area contributed by atoms with E-state index in [-0.39, 0.29) is 0 Å². The first kappa shape index (κ1) is 14.6. The van der Waals surface area contributed by atoms with Gasteiger partial charge < -0.3 is 9.47 Å². The van der Waals surface area contributed by atoms with Crippen molar-refractivity contribution in [2.45, 2.75) is 37.9 Å². The molecule has 2 unspecified atom stereocenters. The van der Waals surface area contributed by atoms with Gasteiger partial charge in [0.25, 0.3) is 0 Å². The van der Waals surface area contributed by atoms with Crippen molar-refractivity contribution in [2.75, 3.05) is 13.2 Å². The summed E-state index contributed by atoms with van der Waals surface area (Å²) in [4.78, 5) is 7.84. The molecule has 0 bridgehead atoms. The van der Waals surface area contributed by atoms with Crippen LogP contribution in [0.15, 0.2) is 33.3 Å². The molecule has 3 aliphatic rings. The van der Waals surface area contributed by atoms with Gasteiger partial charge in [-0.05, 0) is 49.0 Å². The molecular formula is C16H16N4O2. The molecule has 0 aromatic heterocycles. The molecule has 0 amide bonds. The lowest BCUT2D eigenvalue weighted by atomic mass is 9.90. The second-order valence-corrected chi connectivity index (χ2v) is 5.52. The second-order valence-electron chi connectivity index (χ2n) is 5.52. The Kier molecular flexibility index (Phi) is 4.43. The number of allylic oxidation sites excluding steroid dienone is 4. The minimum Gasteiger partial charge on any atom is -0.373 e. The van der Waals surface area contributed by atoms with E-state index in [4.69, 9.17) is 20.0 Å². The van der Waals surface area contributed by atoms with Crippen LogP contribution in [0.5, 0.6) is 0 Å². The lowest BCUT2D eigenvalue weighted by molar-refractivity contribution is 0.397. The summed E-state index contributed by atoms with van der Waals surface area (Å²) in [5.74, 6) is 0. The van der Waals surface area contributed by atoms with Crippen LogP contribution in [0.25, 0.3) is 0 Å². The molecule has 2 atom stereocenters. The summed E-state index contributed by atoms with van der Waals surface area (Å²) >= 11 is 0. The van der Waals surface area contributed by atoms with Crippen molar-refractivity contribution in [3.63, 3.8) is 0 Å². The van der Waals surface area contributed by atoms with Gasteiger partial charge in [0.05, 0.1) is 36.8 Å². The molecule has 2 aliphatic heterocycles. The normalized spacial score (nSPS) is 29.5. The van der Waals surface area contributed by atoms with Crippen molar-refractivity contribution < 1.29 is 9.47 Å². The summed E-state index contributed by atoms with van der Waals surface area (Å²) in [5.41, 5.74) is 3.23. The van der Waals surface area contributed by atoms with Gasteiger partial charge in [-0.15, -0.1) is 0 Å². The molecule has 0 aromatic rings. The molecule has 3 rings (SSSR count). The third kappa shape index (κ3) is 3.88. The van der Waals surface area contributed by atoms with Gasteiger partial charge in [0.2, 0.25) is 12.4 Å². The third-order valence-corrected chi connectivity index (χ3v) is 3.90. The van der Waals surface area contributed by atoms with Crippen LogP contribution in [0.2, 0.25) is 0 Å². The Morgan fingerprint density at radius 1 is 0.909 bits per heavy atom. The van der Waals surface area contributed by atoms with E-state index in [1.165, 1.54) is 0 Å². The van der Waals surface area contributed by atoms with Crippen LogP contribution in [-0.4, -0.2) is 36.8 Å². The first-order chi connectivity index (χ1) is 10.8. The average molecular weight is 296 g/mol. The molecule has 22 heavy (non-hydrogen) atoms. The maximum Gasteiger partial charge on any atom is 0.206 e. The lowest BCUT2D eigenvalue weighted by Crippen LogP contribution is -2.15. The van der Waals surface area contributed by atoms with Gasteiger partial charge in [-0.1, -0.05) is 0 Å². The third-order valence-electron chi connectivity index (χ3n) is 3.90. The van der Waals surface area contributed by atoms with E-state index < -0.39 is 0 Å². The van der Waals surface area contributed by atoms with E-state index in [9.17, 15) is 0 Å². The minimum absolute atomic E-state index is 0.318. The Hall–Kier alpha value is -2.28. The van der Waals surface area contributed by atoms with Gasteiger partial charge in [-0.3, -0.25) is 0 Å². The highest BCUT2D eigenvalue weighted by Gasteiger charge is 2.26. The average Bonchev–Trinajstić information content (AvgIpc) is 3.39. The number of epoxide rings is 2. The molecule has 2 fully saturated rings. The van der Waals surface area contributed by atoms with E-state index in [1.807, 2.05) is 24.5 Å². The van der Waals surface area contributed by atoms with Crippen LogP contribution in [0.3, 0.4) is 0 Å². The number of hydrogen-bond donors (Lipinski definition) is 0. The van der Waals surface area contributed by atoms with Crippen molar-refractivity contribution in [3.8, 4) is 12.4 Å². The molecule has 1 aliphatic carbocycles. The van der Waals surface area contributed by atoms with Gasteiger partial charge in [-0.2, -0.15) is 20.5 Å². The molecule has 0 saturated carbocycles. The number of ether oxygens (including phenoxy) is 2. The molecule has 0 aromatic carbocycles. The molecular weight excluding hydrogens is 280 g/mol. The van der Waals surface area contributed by atoms with E-state index >= 15 is 0 Å². The van der Waals surface area contributed by atoms with Crippen LogP contribution in [0.1, 0.15) is 25.7 Å². The largest absolute Gasteiger partial charge is 0.373 e. The van der Waals surface area contributed by atoms with E-state index in [1.54, 1.807) is 0 Å². The van der Waals surface area contributed by atoms with Gasteiger partial charge in [-0.25, -0.2) is 0 Å². The summed E-state index contributed by atoms with van der Waals surface area (Å²) in [6.07, 6.45) is 11.4. The van der Waals surface area contributed by atoms with E-state index in [0.29, 0.717) is 23.6 Å². The highest BCUT2D eigenvalue weighted by Crippen LogP contribution is 2.26. The molecule has 6 heteroatoms. The lowest BCUT2D eigenvalue weighted by Gasteiger charge is -2.16. The SMILES string of the molecule is N#CN=C1C=C(CCC2CO2)C(=NC#N)C=C1CCC1CO1. The van der Waals surface area contributed by atoms with Crippen LogP contribution in [0, 0.1) is 22.9 Å². The van der Waals surface area contributed by atoms with Gasteiger partial charge in [0.1, 0.15) is 0 Å². The number of rotatable bonds is 6. The Labute approximate surface area is 129 Å². The number of nitriles is 2. The predicted octanol–water partition coefficient (Wildman–Crippen LogP) is 2.05. The summed E-state index contributed by atoms with van der Waals surface area (Å²) in [6, 6.07) is 0. The summed E-state index contributed by atoms with van der Waals surface area (Å²) in [5, 5.41) is 17.8. The van der Waals surface area contributed by atoms with Crippen molar-refractivity contribution in [3.05, 3.63) is 23.3 Å². The summed E-state index contributed by atoms with van der Waals surface area (Å²) < 4.78 is 10.4. The van der Waals surface area contributed by atoms with Crippen LogP contribution >= 0.6 is 0 Å². The monoisotopic (exact) mass is 296 g/mol. The van der Waals surface area contributed by atoms with Gasteiger partial charge in [0, 0.05) is 0 Å². The first-order valence-electron chi connectivity index (χ1n) is 7.39. The van der Waals surface area contributed by atoms with Crippen molar-refractivity contribution in [2.24, 2.45) is 9.98 Å². The maximum absolute atomic E-state index is 8.89. The highest BCUT2D eigenvalue weighted by atomic mass is 16.6. The minimum atomic E-state index is 0.318. The zero-order chi connectivity index (χ0) is 15.4. The predicted molar refractivity (Wildman–Crippen MR) is 80.2 cm³/mol. The zero-order valence-corrected chi connectivity index (χ0v) is 12.2. The zero-order valence-electron chi connectivity index (χ0n) is 12.2. The fourth-order valence-electron chi connectivity index (χ4n) is 2.48. The van der Waals surface area contributed by atoms with E-state index in [2.05, 4.69) is 9.98 Å². The van der Waals surface area contributed by atoms with Crippen LogP contribution in [-0.2, 0) is 9.47 Å². The van der Waals surface area contributed by atoms with Crippen LogP contribution < -0.4 is 0 Å². The quantitative estimate of drug-likeness (QED) is 0.425. The Morgan fingerprint density at radius 3 is 1.64 bits per heavy atom. The van der Waals surface area contributed by atoms with Gasteiger partial charge >= 0.3 is 0 Å². The first-order valence-corrected chi connectivity index (χ1v) is 7.39. The topological polar surface area (TPSA) is 97.4 Å². The molecule has 112 valence electrons. The van der Waals surface area contributed by atoms with Gasteiger partial charge in [0.15, 0.2) is 0 Å². The van der Waals surface area contributed by atoms with Crippen LogP contribution in [0.4, 0.5) is 0 Å². The Bertz CT molecular complexity index is 595. The fraction of sp³-hybridized carbons (Fsp3) is 0.500. The Balaban J connectivity index is 1.78. The number of nitrogens with zero attached hydrogens (tertiary/aromatic N) is 4. The van der Waals surface area contributed by atoms with Crippen molar-refractivity contribution in [1.29, 1.82) is 10.5 Å². The van der Waals surface area contributed by atoms with Crippen molar-refractivity contribution >= 4 is 11.4 Å². The standard InChI is InChI=1S/C16H16N4O2/c17-9-19-15-6-12(2-4-14-8-22-14)16(20-10-18)5-11(15)1-3-13-7-21-13/h5-6,13-14H,1-4,7-8H2.